The standard InChI is InChI=1S/C19H16N2O4/c1-12-10-17(21-18(22)8-6-14-4-3-9-25-14)15-11-13(19(23)24-2)5-7-16(15)20-12/h3-11H,1-2H3,(H,20,21,22)/b8-6+. The lowest BCUT2D eigenvalue weighted by Gasteiger charge is -2.09. The highest BCUT2D eigenvalue weighted by Crippen LogP contribution is 2.25. The van der Waals surface area contributed by atoms with E-state index in [1.807, 2.05) is 6.92 Å². The molecule has 3 rings (SSSR count). The van der Waals surface area contributed by atoms with Gasteiger partial charge in [0.05, 0.1) is 30.1 Å². The summed E-state index contributed by atoms with van der Waals surface area (Å²) in [6.45, 7) is 1.84. The molecule has 0 spiro atoms. The van der Waals surface area contributed by atoms with Crippen molar-refractivity contribution in [1.29, 1.82) is 0 Å². The van der Waals surface area contributed by atoms with Gasteiger partial charge in [-0.05, 0) is 49.4 Å². The molecule has 1 N–H and O–H groups in total. The molecule has 0 saturated carbocycles. The number of fused-ring (bicyclic) bond motifs is 1. The molecule has 2 heterocycles. The first-order chi connectivity index (χ1) is 12.1. The van der Waals surface area contributed by atoms with Crippen molar-refractivity contribution in [3.63, 3.8) is 0 Å². The van der Waals surface area contributed by atoms with Gasteiger partial charge in [-0.1, -0.05) is 0 Å². The van der Waals surface area contributed by atoms with E-state index in [-0.39, 0.29) is 5.91 Å². The Morgan fingerprint density at radius 1 is 1.24 bits per heavy atom. The first-order valence-corrected chi connectivity index (χ1v) is 7.59. The van der Waals surface area contributed by atoms with Crippen LogP contribution in [0.5, 0.6) is 0 Å². The van der Waals surface area contributed by atoms with Crippen molar-refractivity contribution in [3.05, 3.63) is 65.8 Å². The molecule has 0 aliphatic carbocycles. The van der Waals surface area contributed by atoms with Crippen LogP contribution < -0.4 is 5.32 Å². The number of aryl methyl sites for hydroxylation is 1. The Morgan fingerprint density at radius 3 is 2.80 bits per heavy atom. The molecule has 6 nitrogen and oxygen atoms in total. The molecule has 25 heavy (non-hydrogen) atoms. The summed E-state index contributed by atoms with van der Waals surface area (Å²) in [6.07, 6.45) is 4.49. The number of hydrogen-bond donors (Lipinski definition) is 1. The lowest BCUT2D eigenvalue weighted by atomic mass is 10.1. The van der Waals surface area contributed by atoms with Gasteiger partial charge in [0.15, 0.2) is 0 Å². The van der Waals surface area contributed by atoms with Crippen LogP contribution in [0.1, 0.15) is 21.8 Å². The van der Waals surface area contributed by atoms with Gasteiger partial charge in [0.25, 0.3) is 0 Å². The molecule has 126 valence electrons. The van der Waals surface area contributed by atoms with Gasteiger partial charge < -0.3 is 14.5 Å². The van der Waals surface area contributed by atoms with E-state index in [0.29, 0.717) is 27.9 Å². The van der Waals surface area contributed by atoms with Crippen LogP contribution in [0.4, 0.5) is 5.69 Å². The maximum absolute atomic E-state index is 12.2. The number of carbonyl (C=O) groups is 2. The van der Waals surface area contributed by atoms with Crippen LogP contribution in [0.2, 0.25) is 0 Å². The summed E-state index contributed by atoms with van der Waals surface area (Å²) < 4.78 is 9.89. The fourth-order valence-corrected chi connectivity index (χ4v) is 2.42. The highest BCUT2D eigenvalue weighted by Gasteiger charge is 2.11. The Morgan fingerprint density at radius 2 is 2.08 bits per heavy atom. The quantitative estimate of drug-likeness (QED) is 0.582. The number of furan rings is 1. The number of anilines is 1. The number of benzene rings is 1. The van der Waals surface area contributed by atoms with Crippen molar-refractivity contribution in [2.45, 2.75) is 6.92 Å². The van der Waals surface area contributed by atoms with E-state index < -0.39 is 5.97 Å². The lowest BCUT2D eigenvalue weighted by molar-refractivity contribution is -0.111. The van der Waals surface area contributed by atoms with Crippen LogP contribution in [0.25, 0.3) is 17.0 Å². The molecule has 1 aromatic carbocycles. The molecule has 3 aromatic rings. The summed E-state index contributed by atoms with van der Waals surface area (Å²) in [5, 5.41) is 3.47. The number of nitrogens with zero attached hydrogens (tertiary/aromatic N) is 1. The molecule has 0 radical (unpaired) electrons. The van der Waals surface area contributed by atoms with Gasteiger partial charge in [0.1, 0.15) is 5.76 Å². The predicted molar refractivity (Wildman–Crippen MR) is 94.2 cm³/mol. The Hall–Kier alpha value is -3.41. The minimum Gasteiger partial charge on any atom is -0.465 e. The van der Waals surface area contributed by atoms with Gasteiger partial charge in [0, 0.05) is 17.2 Å². The lowest BCUT2D eigenvalue weighted by Crippen LogP contribution is -2.09. The van der Waals surface area contributed by atoms with Crippen molar-refractivity contribution in [3.8, 4) is 0 Å². The van der Waals surface area contributed by atoms with Crippen LogP contribution in [-0.2, 0) is 9.53 Å². The zero-order chi connectivity index (χ0) is 17.8. The van der Waals surface area contributed by atoms with Crippen molar-refractivity contribution in [1.82, 2.24) is 4.98 Å². The largest absolute Gasteiger partial charge is 0.465 e. The number of amides is 1. The monoisotopic (exact) mass is 336 g/mol. The van der Waals surface area contributed by atoms with E-state index in [2.05, 4.69) is 10.3 Å². The summed E-state index contributed by atoms with van der Waals surface area (Å²) in [4.78, 5) is 28.3. The second-order valence-electron chi connectivity index (χ2n) is 5.37. The summed E-state index contributed by atoms with van der Waals surface area (Å²) in [5.41, 5.74) is 2.39. The molecule has 1 amide bonds. The molecule has 0 saturated heterocycles. The minimum absolute atomic E-state index is 0.313. The third-order valence-corrected chi connectivity index (χ3v) is 3.56. The average Bonchev–Trinajstić information content (AvgIpc) is 3.12. The molecule has 2 aromatic heterocycles. The maximum atomic E-state index is 12.2. The minimum atomic E-state index is -0.447. The fraction of sp³-hybridized carbons (Fsp3) is 0.105. The Bertz CT molecular complexity index is 959. The van der Waals surface area contributed by atoms with E-state index in [1.54, 1.807) is 42.5 Å². The molecule has 0 aliphatic heterocycles. The van der Waals surface area contributed by atoms with Crippen LogP contribution >= 0.6 is 0 Å². The van der Waals surface area contributed by atoms with E-state index in [9.17, 15) is 9.59 Å². The number of methoxy groups -OCH3 is 1. The zero-order valence-corrected chi connectivity index (χ0v) is 13.8. The number of nitrogens with one attached hydrogen (secondary N) is 1. The van der Waals surface area contributed by atoms with E-state index in [4.69, 9.17) is 9.15 Å². The van der Waals surface area contributed by atoms with Gasteiger partial charge in [-0.15, -0.1) is 0 Å². The number of pyridine rings is 1. The molecule has 0 unspecified atom stereocenters. The summed E-state index contributed by atoms with van der Waals surface area (Å²) in [5.74, 6) is -0.178. The van der Waals surface area contributed by atoms with Gasteiger partial charge in [-0.2, -0.15) is 0 Å². The molecule has 6 heteroatoms. The SMILES string of the molecule is COC(=O)c1ccc2nc(C)cc(NC(=O)/C=C/c3ccco3)c2c1. The zero-order valence-electron chi connectivity index (χ0n) is 13.8. The van der Waals surface area contributed by atoms with E-state index in [1.165, 1.54) is 19.4 Å². The third-order valence-electron chi connectivity index (χ3n) is 3.56. The second-order valence-corrected chi connectivity index (χ2v) is 5.37. The summed E-state index contributed by atoms with van der Waals surface area (Å²) in [6, 6.07) is 10.3. The Kier molecular flexibility index (Phi) is 4.61. The Labute approximate surface area is 144 Å². The van der Waals surface area contributed by atoms with Crippen molar-refractivity contribution in [2.75, 3.05) is 12.4 Å². The van der Waals surface area contributed by atoms with Gasteiger partial charge >= 0.3 is 5.97 Å². The van der Waals surface area contributed by atoms with Crippen molar-refractivity contribution >= 4 is 34.5 Å². The topological polar surface area (TPSA) is 81.4 Å². The van der Waals surface area contributed by atoms with E-state index in [0.717, 1.165) is 5.69 Å². The van der Waals surface area contributed by atoms with Crippen LogP contribution in [0.15, 0.2) is 53.2 Å². The predicted octanol–water partition coefficient (Wildman–Crippen LogP) is 3.57. The Balaban J connectivity index is 1.93. The average molecular weight is 336 g/mol. The molecule has 0 aliphatic rings. The van der Waals surface area contributed by atoms with Gasteiger partial charge in [0.2, 0.25) is 5.91 Å². The highest BCUT2D eigenvalue weighted by atomic mass is 16.5. The molecular formula is C19H16N2O4. The first kappa shape index (κ1) is 16.4. The number of esters is 1. The summed E-state index contributed by atoms with van der Waals surface area (Å²) >= 11 is 0. The molecular weight excluding hydrogens is 320 g/mol. The molecule has 0 bridgehead atoms. The first-order valence-electron chi connectivity index (χ1n) is 7.59. The second kappa shape index (κ2) is 7.00. The van der Waals surface area contributed by atoms with E-state index >= 15 is 0 Å². The van der Waals surface area contributed by atoms with Gasteiger partial charge in [-0.3, -0.25) is 9.78 Å². The smallest absolute Gasteiger partial charge is 0.337 e. The normalized spacial score (nSPS) is 11.0. The van der Waals surface area contributed by atoms with Crippen molar-refractivity contribution in [2.24, 2.45) is 0 Å². The van der Waals surface area contributed by atoms with Crippen LogP contribution in [0.3, 0.4) is 0 Å². The molecule has 0 atom stereocenters. The third kappa shape index (κ3) is 3.74. The summed E-state index contributed by atoms with van der Waals surface area (Å²) in [7, 11) is 1.32. The number of aromatic nitrogens is 1. The van der Waals surface area contributed by atoms with Gasteiger partial charge in [-0.25, -0.2) is 4.79 Å². The highest BCUT2D eigenvalue weighted by molar-refractivity contribution is 6.08. The van der Waals surface area contributed by atoms with Crippen LogP contribution in [-0.4, -0.2) is 24.0 Å². The number of rotatable bonds is 4. The van der Waals surface area contributed by atoms with Crippen molar-refractivity contribution < 1.29 is 18.7 Å². The molecule has 0 fully saturated rings. The number of hydrogen-bond acceptors (Lipinski definition) is 5. The fourth-order valence-electron chi connectivity index (χ4n) is 2.42. The number of ether oxygens (including phenoxy) is 1. The van der Waals surface area contributed by atoms with Crippen LogP contribution in [0, 0.1) is 6.92 Å². The maximum Gasteiger partial charge on any atom is 0.337 e. The number of carbonyl (C=O) groups excluding carboxylic acids is 2.